The number of anilines is 1. The van der Waals surface area contributed by atoms with E-state index in [-0.39, 0.29) is 0 Å². The number of hydrogen-bond acceptors (Lipinski definition) is 8. The van der Waals surface area contributed by atoms with Gasteiger partial charge in [-0.2, -0.15) is 13.8 Å². The van der Waals surface area contributed by atoms with Gasteiger partial charge in [0, 0.05) is 66.2 Å². The molecule has 0 aliphatic carbocycles. The highest BCUT2D eigenvalue weighted by Crippen LogP contribution is 2.27. The standard InChI is InChI=1S/C29H29F2N7S/c30-27-12-21(13-28(31)37-27)25-11-20-3-1-2-4-24(20)26(36-25)17-32-15-19-6-9-38(10-7-19)29-34-8-5-22(35-29)14-23-16-33-18-39-23/h1-5,8,11-14,19,32-33H,6-7,9-10,15-18H2. The van der Waals surface area contributed by atoms with Crippen LogP contribution in [0.1, 0.15) is 24.2 Å². The Bertz CT molecular complexity index is 1480. The number of nitrogens with zero attached hydrogens (tertiary/aromatic N) is 5. The summed E-state index contributed by atoms with van der Waals surface area (Å²) in [6.07, 6.45) is 6.08. The summed E-state index contributed by atoms with van der Waals surface area (Å²) >= 11 is 1.82. The zero-order valence-electron chi connectivity index (χ0n) is 21.4. The summed E-state index contributed by atoms with van der Waals surface area (Å²) in [5.74, 6) is 0.567. The Hall–Kier alpha value is -3.47. The number of aromatic nitrogens is 4. The van der Waals surface area contributed by atoms with Crippen LogP contribution in [0.4, 0.5) is 14.7 Å². The highest BCUT2D eigenvalue weighted by Gasteiger charge is 2.21. The average molecular weight is 546 g/mol. The lowest BCUT2D eigenvalue weighted by atomic mass is 9.97. The van der Waals surface area contributed by atoms with Crippen LogP contribution in [0.25, 0.3) is 28.1 Å². The van der Waals surface area contributed by atoms with E-state index in [1.807, 2.05) is 54.4 Å². The van der Waals surface area contributed by atoms with Crippen LogP contribution in [0.15, 0.2) is 59.6 Å². The molecule has 4 aromatic rings. The lowest BCUT2D eigenvalue weighted by Crippen LogP contribution is -2.38. The average Bonchev–Trinajstić information content (AvgIpc) is 3.46. The van der Waals surface area contributed by atoms with Crippen LogP contribution >= 0.6 is 11.8 Å². The minimum absolute atomic E-state index is 0.375. The highest BCUT2D eigenvalue weighted by atomic mass is 32.2. The fourth-order valence-corrected chi connectivity index (χ4v) is 5.92. The first-order valence-corrected chi connectivity index (χ1v) is 14.1. The monoisotopic (exact) mass is 545 g/mol. The van der Waals surface area contributed by atoms with Gasteiger partial charge in [-0.3, -0.25) is 4.98 Å². The van der Waals surface area contributed by atoms with Crippen LogP contribution in [-0.4, -0.2) is 52.0 Å². The van der Waals surface area contributed by atoms with Crippen molar-refractivity contribution in [2.75, 3.05) is 37.0 Å². The zero-order chi connectivity index (χ0) is 26.6. The van der Waals surface area contributed by atoms with Crippen LogP contribution in [0.3, 0.4) is 0 Å². The molecule has 0 unspecified atom stereocenters. The third kappa shape index (κ3) is 6.24. The molecule has 0 radical (unpaired) electrons. The number of piperidine rings is 1. The normalized spacial score (nSPS) is 17.4. The Morgan fingerprint density at radius 2 is 1.85 bits per heavy atom. The fourth-order valence-electron chi connectivity index (χ4n) is 5.12. The second-order valence-electron chi connectivity index (χ2n) is 9.85. The van der Waals surface area contributed by atoms with Gasteiger partial charge in [-0.05, 0) is 48.9 Å². The van der Waals surface area contributed by atoms with E-state index < -0.39 is 11.9 Å². The Morgan fingerprint density at radius 1 is 1.03 bits per heavy atom. The lowest BCUT2D eigenvalue weighted by molar-refractivity contribution is 0.379. The van der Waals surface area contributed by atoms with Crippen LogP contribution in [0, 0.1) is 17.8 Å². The largest absolute Gasteiger partial charge is 0.341 e. The molecule has 10 heteroatoms. The number of nitrogens with one attached hydrogen (secondary N) is 2. The van der Waals surface area contributed by atoms with E-state index >= 15 is 0 Å². The Labute approximate surface area is 230 Å². The summed E-state index contributed by atoms with van der Waals surface area (Å²) in [5, 5.41) is 8.91. The molecule has 2 fully saturated rings. The number of halogens is 2. The quantitative estimate of drug-likeness (QED) is 0.314. The summed E-state index contributed by atoms with van der Waals surface area (Å²) in [7, 11) is 0. The van der Waals surface area contributed by atoms with Gasteiger partial charge in [-0.25, -0.2) is 9.97 Å². The van der Waals surface area contributed by atoms with Crippen molar-refractivity contribution >= 4 is 34.6 Å². The summed E-state index contributed by atoms with van der Waals surface area (Å²) < 4.78 is 27.5. The van der Waals surface area contributed by atoms with Crippen molar-refractivity contribution in [2.45, 2.75) is 19.4 Å². The number of pyridine rings is 2. The van der Waals surface area contributed by atoms with Crippen LogP contribution in [0.2, 0.25) is 0 Å². The molecule has 2 aliphatic rings. The molecule has 0 atom stereocenters. The third-order valence-corrected chi connectivity index (χ3v) is 8.11. The van der Waals surface area contributed by atoms with E-state index in [0.717, 1.165) is 73.0 Å². The van der Waals surface area contributed by atoms with E-state index in [9.17, 15) is 8.78 Å². The molecule has 5 heterocycles. The first-order valence-electron chi connectivity index (χ1n) is 13.2. The number of benzene rings is 1. The number of hydrogen-bond donors (Lipinski definition) is 2. The second kappa shape index (κ2) is 11.7. The molecule has 39 heavy (non-hydrogen) atoms. The van der Waals surface area contributed by atoms with Crippen molar-refractivity contribution in [1.82, 2.24) is 30.6 Å². The number of thioether (sulfide) groups is 1. The predicted molar refractivity (Wildman–Crippen MR) is 152 cm³/mol. The molecular weight excluding hydrogens is 516 g/mol. The Kier molecular flexibility index (Phi) is 7.76. The molecule has 2 saturated heterocycles. The predicted octanol–water partition coefficient (Wildman–Crippen LogP) is 5.01. The minimum atomic E-state index is -0.856. The molecular formula is C29H29F2N7S. The van der Waals surface area contributed by atoms with Gasteiger partial charge in [0.25, 0.3) is 0 Å². The second-order valence-corrected chi connectivity index (χ2v) is 10.9. The molecule has 1 aromatic carbocycles. The highest BCUT2D eigenvalue weighted by molar-refractivity contribution is 8.03. The van der Waals surface area contributed by atoms with E-state index in [1.54, 1.807) is 0 Å². The number of fused-ring (bicyclic) bond motifs is 1. The summed E-state index contributed by atoms with van der Waals surface area (Å²) in [6, 6.07) is 14.2. The maximum Gasteiger partial charge on any atom is 0.225 e. The van der Waals surface area contributed by atoms with Gasteiger partial charge in [0.15, 0.2) is 0 Å². The lowest BCUT2D eigenvalue weighted by Gasteiger charge is -2.32. The zero-order valence-corrected chi connectivity index (χ0v) is 22.2. The van der Waals surface area contributed by atoms with Gasteiger partial charge in [-0.15, -0.1) is 11.8 Å². The molecule has 0 saturated carbocycles. The van der Waals surface area contributed by atoms with E-state index in [4.69, 9.17) is 9.97 Å². The van der Waals surface area contributed by atoms with Crippen molar-refractivity contribution in [3.8, 4) is 11.3 Å². The molecule has 6 rings (SSSR count). The molecule has 2 aliphatic heterocycles. The van der Waals surface area contributed by atoms with Crippen molar-refractivity contribution in [2.24, 2.45) is 5.92 Å². The fraction of sp³-hybridized carbons (Fsp3) is 0.310. The molecule has 3 aromatic heterocycles. The van der Waals surface area contributed by atoms with Crippen molar-refractivity contribution < 1.29 is 8.78 Å². The summed E-state index contributed by atoms with van der Waals surface area (Å²) in [4.78, 5) is 20.9. The molecule has 0 amide bonds. The molecule has 2 N–H and O–H groups in total. The van der Waals surface area contributed by atoms with Crippen LogP contribution in [-0.2, 0) is 6.54 Å². The third-order valence-electron chi connectivity index (χ3n) is 7.13. The van der Waals surface area contributed by atoms with Gasteiger partial charge in [-0.1, -0.05) is 24.3 Å². The van der Waals surface area contributed by atoms with Crippen molar-refractivity contribution in [3.63, 3.8) is 0 Å². The van der Waals surface area contributed by atoms with Gasteiger partial charge in [0.2, 0.25) is 17.8 Å². The topological polar surface area (TPSA) is 78.9 Å². The maximum absolute atomic E-state index is 13.8. The van der Waals surface area contributed by atoms with Gasteiger partial charge >= 0.3 is 0 Å². The van der Waals surface area contributed by atoms with Crippen LogP contribution < -0.4 is 15.5 Å². The molecule has 7 nitrogen and oxygen atoms in total. The SMILES string of the molecule is Fc1cc(-c2cc3ccccc3c(CNCC3CCN(c4nccc(C=C5CNCS5)n4)CC3)n2)cc(F)n1. The van der Waals surface area contributed by atoms with E-state index in [2.05, 4.69) is 31.6 Å². The van der Waals surface area contributed by atoms with Gasteiger partial charge in [0.05, 0.1) is 17.1 Å². The van der Waals surface area contributed by atoms with Crippen LogP contribution in [0.5, 0.6) is 0 Å². The first-order chi connectivity index (χ1) is 19.1. The van der Waals surface area contributed by atoms with Crippen molar-refractivity contribution in [1.29, 1.82) is 0 Å². The number of rotatable bonds is 7. The summed E-state index contributed by atoms with van der Waals surface area (Å²) in [6.45, 7) is 4.16. The van der Waals surface area contributed by atoms with E-state index in [0.29, 0.717) is 23.7 Å². The summed E-state index contributed by atoms with van der Waals surface area (Å²) in [5.41, 5.74) is 2.71. The molecule has 200 valence electrons. The first kappa shape index (κ1) is 25.8. The molecule has 0 spiro atoms. The van der Waals surface area contributed by atoms with E-state index in [1.165, 1.54) is 17.0 Å². The van der Waals surface area contributed by atoms with Gasteiger partial charge in [0.1, 0.15) is 0 Å². The maximum atomic E-state index is 13.8. The van der Waals surface area contributed by atoms with Crippen molar-refractivity contribution in [3.05, 3.63) is 82.9 Å². The molecule has 0 bridgehead atoms. The Morgan fingerprint density at radius 3 is 2.64 bits per heavy atom. The Balaban J connectivity index is 1.08. The smallest absolute Gasteiger partial charge is 0.225 e. The van der Waals surface area contributed by atoms with Gasteiger partial charge < -0.3 is 15.5 Å². The minimum Gasteiger partial charge on any atom is -0.341 e.